The molecule has 5 rings (SSSR count). The van der Waals surface area contributed by atoms with Gasteiger partial charge in [0.2, 0.25) is 17.8 Å². The molecule has 0 aliphatic carbocycles. The van der Waals surface area contributed by atoms with Gasteiger partial charge < -0.3 is 19.5 Å². The van der Waals surface area contributed by atoms with Gasteiger partial charge in [-0.15, -0.1) is 10.2 Å². The lowest BCUT2D eigenvalue weighted by molar-refractivity contribution is 0.173. The Morgan fingerprint density at radius 3 is 2.93 bits per heavy atom. The highest BCUT2D eigenvalue weighted by Crippen LogP contribution is 2.41. The van der Waals surface area contributed by atoms with E-state index in [0.717, 1.165) is 28.3 Å². The van der Waals surface area contributed by atoms with Crippen LogP contribution in [-0.4, -0.2) is 27.7 Å². The second-order valence-electron chi connectivity index (χ2n) is 5.98. The van der Waals surface area contributed by atoms with Crippen LogP contribution < -0.4 is 19.5 Å². The topological polar surface area (TPSA) is 78.4 Å². The fourth-order valence-electron chi connectivity index (χ4n) is 3.06. The molecule has 2 aromatic carbocycles. The van der Waals surface area contributed by atoms with Crippen LogP contribution in [0.2, 0.25) is 0 Å². The summed E-state index contributed by atoms with van der Waals surface area (Å²) in [6.07, 6.45) is -0.446. The van der Waals surface area contributed by atoms with Crippen LogP contribution in [0.25, 0.3) is 11.3 Å². The minimum Gasteiger partial charge on any atom is -0.454 e. The number of hydrogen-bond donors (Lipinski definition) is 1. The van der Waals surface area contributed by atoms with Crippen molar-refractivity contribution in [2.75, 3.05) is 17.9 Å². The van der Waals surface area contributed by atoms with Crippen LogP contribution in [0.5, 0.6) is 17.4 Å². The van der Waals surface area contributed by atoms with Crippen molar-refractivity contribution < 1.29 is 14.2 Å². The van der Waals surface area contributed by atoms with E-state index in [4.69, 9.17) is 14.2 Å². The van der Waals surface area contributed by atoms with Crippen molar-refractivity contribution in [2.45, 2.75) is 18.3 Å². The molecule has 1 atom stereocenters. The predicted octanol–water partition coefficient (Wildman–Crippen LogP) is 3.88. The molecule has 0 saturated carbocycles. The van der Waals surface area contributed by atoms with Crippen LogP contribution >= 0.6 is 11.8 Å². The number of nitrogens with one attached hydrogen (secondary N) is 1. The Kier molecular flexibility index (Phi) is 3.97. The van der Waals surface area contributed by atoms with Gasteiger partial charge in [0.05, 0.1) is 0 Å². The molecule has 2 aliphatic rings. The Bertz CT molecular complexity index is 1010. The molecule has 1 aromatic heterocycles. The summed E-state index contributed by atoms with van der Waals surface area (Å²) in [6, 6.07) is 13.7. The summed E-state index contributed by atoms with van der Waals surface area (Å²) in [5, 5.41) is 12.6. The van der Waals surface area contributed by atoms with Gasteiger partial charge in [0.15, 0.2) is 23.4 Å². The Hall–Kier alpha value is -3.00. The second kappa shape index (κ2) is 6.62. The van der Waals surface area contributed by atoms with E-state index in [-0.39, 0.29) is 6.79 Å². The van der Waals surface area contributed by atoms with Gasteiger partial charge >= 0.3 is 0 Å². The zero-order chi connectivity index (χ0) is 18.2. The van der Waals surface area contributed by atoms with Gasteiger partial charge in [-0.3, -0.25) is 0 Å². The molecular formula is C19H16N4O3S. The van der Waals surface area contributed by atoms with Gasteiger partial charge in [-0.25, -0.2) is 0 Å². The molecule has 8 heteroatoms. The van der Waals surface area contributed by atoms with Gasteiger partial charge in [0, 0.05) is 16.8 Å². The largest absolute Gasteiger partial charge is 0.454 e. The van der Waals surface area contributed by atoms with Crippen LogP contribution in [0.15, 0.2) is 47.6 Å². The fraction of sp³-hybridized carbons (Fsp3) is 0.211. The summed E-state index contributed by atoms with van der Waals surface area (Å²) in [7, 11) is 0. The van der Waals surface area contributed by atoms with Crippen LogP contribution in [0.3, 0.4) is 0 Å². The number of aromatic nitrogens is 3. The molecule has 1 N–H and O–H groups in total. The van der Waals surface area contributed by atoms with Gasteiger partial charge in [0.25, 0.3) is 0 Å². The lowest BCUT2D eigenvalue weighted by Crippen LogP contribution is -2.17. The number of nitrogens with zero attached hydrogens (tertiary/aromatic N) is 3. The maximum absolute atomic E-state index is 6.24. The molecule has 27 heavy (non-hydrogen) atoms. The predicted molar refractivity (Wildman–Crippen MR) is 101 cm³/mol. The van der Waals surface area contributed by atoms with E-state index in [1.807, 2.05) is 49.4 Å². The summed E-state index contributed by atoms with van der Waals surface area (Å²) in [5.74, 6) is 2.76. The van der Waals surface area contributed by atoms with Crippen LogP contribution in [0, 0.1) is 0 Å². The fourth-order valence-corrected chi connectivity index (χ4v) is 3.57. The van der Waals surface area contributed by atoms with Crippen LogP contribution in [0.1, 0.15) is 18.7 Å². The van der Waals surface area contributed by atoms with E-state index >= 15 is 0 Å². The summed E-state index contributed by atoms with van der Waals surface area (Å²) >= 11 is 1.53. The second-order valence-corrected chi connectivity index (χ2v) is 7.21. The summed E-state index contributed by atoms with van der Waals surface area (Å²) in [4.78, 5) is 4.58. The zero-order valence-corrected chi connectivity index (χ0v) is 15.3. The van der Waals surface area contributed by atoms with Crippen molar-refractivity contribution in [3.05, 3.63) is 48.0 Å². The lowest BCUT2D eigenvalue weighted by Gasteiger charge is -2.19. The Labute approximate surface area is 160 Å². The first kappa shape index (κ1) is 16.2. The molecule has 2 aliphatic heterocycles. The van der Waals surface area contributed by atoms with Crippen molar-refractivity contribution in [1.82, 2.24) is 15.2 Å². The van der Waals surface area contributed by atoms with Crippen molar-refractivity contribution in [2.24, 2.45) is 0 Å². The summed E-state index contributed by atoms with van der Waals surface area (Å²) in [6.45, 7) is 2.28. The van der Waals surface area contributed by atoms with Crippen molar-refractivity contribution in [1.29, 1.82) is 0 Å². The normalized spacial score (nSPS) is 16.6. The number of fused-ring (bicyclic) bond motifs is 4. The average molecular weight is 380 g/mol. The third kappa shape index (κ3) is 2.91. The highest BCUT2D eigenvalue weighted by Gasteiger charge is 2.27. The quantitative estimate of drug-likeness (QED) is 0.686. The average Bonchev–Trinajstić information content (AvgIpc) is 3.10. The number of thioether (sulfide) groups is 1. The molecule has 0 fully saturated rings. The maximum Gasteiger partial charge on any atom is 0.247 e. The van der Waals surface area contributed by atoms with Crippen molar-refractivity contribution in [3.63, 3.8) is 0 Å². The molecule has 0 saturated heterocycles. The number of anilines is 1. The lowest BCUT2D eigenvalue weighted by atomic mass is 10.1. The summed E-state index contributed by atoms with van der Waals surface area (Å²) < 4.78 is 17.1. The van der Waals surface area contributed by atoms with E-state index in [2.05, 4.69) is 20.5 Å². The van der Waals surface area contributed by atoms with E-state index in [9.17, 15) is 0 Å². The molecule has 0 unspecified atom stereocenters. The molecule has 7 nitrogen and oxygen atoms in total. The number of ether oxygens (including phenoxy) is 3. The number of hydrogen-bond acceptors (Lipinski definition) is 8. The molecule has 0 bridgehead atoms. The van der Waals surface area contributed by atoms with Gasteiger partial charge in [0.1, 0.15) is 0 Å². The van der Waals surface area contributed by atoms with Gasteiger partial charge in [-0.1, -0.05) is 36.9 Å². The van der Waals surface area contributed by atoms with E-state index in [1.54, 1.807) is 0 Å². The Morgan fingerprint density at radius 1 is 1.11 bits per heavy atom. The molecule has 3 aromatic rings. The highest BCUT2D eigenvalue weighted by atomic mass is 32.2. The minimum atomic E-state index is -0.446. The Morgan fingerprint density at radius 2 is 2.00 bits per heavy atom. The van der Waals surface area contributed by atoms with Crippen molar-refractivity contribution in [3.8, 4) is 28.6 Å². The minimum absolute atomic E-state index is 0.234. The number of benzene rings is 2. The van der Waals surface area contributed by atoms with Gasteiger partial charge in [-0.05, 0) is 30.0 Å². The highest BCUT2D eigenvalue weighted by molar-refractivity contribution is 7.99. The molecule has 0 amide bonds. The molecular weight excluding hydrogens is 364 g/mol. The van der Waals surface area contributed by atoms with Gasteiger partial charge in [-0.2, -0.15) is 4.98 Å². The molecule has 136 valence electrons. The van der Waals surface area contributed by atoms with Crippen molar-refractivity contribution >= 4 is 17.4 Å². The molecule has 3 heterocycles. The van der Waals surface area contributed by atoms with Crippen LogP contribution in [-0.2, 0) is 0 Å². The monoisotopic (exact) mass is 380 g/mol. The number of rotatable bonds is 3. The third-order valence-electron chi connectivity index (χ3n) is 4.31. The summed E-state index contributed by atoms with van der Waals surface area (Å²) in [5.41, 5.74) is 3.35. The van der Waals surface area contributed by atoms with E-state index in [0.29, 0.717) is 22.5 Å². The zero-order valence-electron chi connectivity index (χ0n) is 14.5. The molecule has 0 spiro atoms. The van der Waals surface area contributed by atoms with E-state index in [1.165, 1.54) is 11.8 Å². The smallest absolute Gasteiger partial charge is 0.247 e. The Balaban J connectivity index is 1.60. The third-order valence-corrected chi connectivity index (χ3v) is 5.03. The maximum atomic E-state index is 6.24. The molecule has 0 radical (unpaired) electrons. The van der Waals surface area contributed by atoms with E-state index < -0.39 is 6.23 Å². The standard InChI is InChI=1S/C19H16N4O3S/c1-2-27-19-21-18-16(22-23-19)12-5-3-4-6-13(12)20-17(26-18)11-7-8-14-15(9-11)25-10-24-14/h3-9,17,20H,2,10H2,1H3/t17-/m0/s1. The van der Waals surface area contributed by atoms with Crippen LogP contribution in [0.4, 0.5) is 5.69 Å². The SMILES string of the molecule is CCSc1nnc2c(n1)O[C@@H](c1ccc3c(c1)OCO3)Nc1ccccc1-2. The first-order valence-corrected chi connectivity index (χ1v) is 9.60. The first-order chi connectivity index (χ1) is 13.3. The number of para-hydroxylation sites is 1. The first-order valence-electron chi connectivity index (χ1n) is 8.61.